The van der Waals surface area contributed by atoms with Crippen LogP contribution in [0.1, 0.15) is 18.9 Å². The zero-order valence-electron chi connectivity index (χ0n) is 12.3. The van der Waals surface area contributed by atoms with E-state index in [1.54, 1.807) is 11.8 Å². The summed E-state index contributed by atoms with van der Waals surface area (Å²) in [5.41, 5.74) is 14.3. The van der Waals surface area contributed by atoms with Gasteiger partial charge in [0.15, 0.2) is 0 Å². The number of para-hydroxylation sites is 1. The summed E-state index contributed by atoms with van der Waals surface area (Å²) < 4.78 is 5.89. The molecule has 0 amide bonds. The normalized spacial score (nSPS) is 17.7. The molecule has 0 radical (unpaired) electrons. The summed E-state index contributed by atoms with van der Waals surface area (Å²) >= 11 is 1.68. The number of nitrogens with one attached hydrogen (secondary N) is 1. The molecule has 114 valence electrons. The van der Waals surface area contributed by atoms with Crippen LogP contribution < -0.4 is 16.8 Å². The van der Waals surface area contributed by atoms with Crippen molar-refractivity contribution in [1.82, 2.24) is 0 Å². The minimum absolute atomic E-state index is 0.249. The Morgan fingerprint density at radius 1 is 1.43 bits per heavy atom. The second-order valence-electron chi connectivity index (χ2n) is 5.00. The van der Waals surface area contributed by atoms with Crippen molar-refractivity contribution < 1.29 is 4.74 Å². The third kappa shape index (κ3) is 4.72. The number of thioether (sulfide) groups is 1. The van der Waals surface area contributed by atoms with E-state index in [1.807, 2.05) is 17.5 Å². The highest BCUT2D eigenvalue weighted by atomic mass is 32.2. The van der Waals surface area contributed by atoms with Crippen LogP contribution >= 0.6 is 11.8 Å². The maximum Gasteiger partial charge on any atom is 0.128 e. The van der Waals surface area contributed by atoms with Gasteiger partial charge in [-0.05, 0) is 49.3 Å². The van der Waals surface area contributed by atoms with E-state index >= 15 is 0 Å². The molecule has 0 spiro atoms. The maximum absolute atomic E-state index is 5.97. The Balaban J connectivity index is 1.93. The molecule has 0 fully saturated rings. The summed E-state index contributed by atoms with van der Waals surface area (Å²) in [6.45, 7) is 3.22. The molecule has 21 heavy (non-hydrogen) atoms. The molecule has 0 saturated heterocycles. The summed E-state index contributed by atoms with van der Waals surface area (Å²) in [6.07, 6.45) is 3.08. The molecule has 5 N–H and O–H groups in total. The van der Waals surface area contributed by atoms with E-state index in [9.17, 15) is 0 Å². The van der Waals surface area contributed by atoms with Gasteiger partial charge in [-0.25, -0.2) is 0 Å². The molecule has 1 aliphatic rings. The Hall–Kier alpha value is -1.59. The zero-order chi connectivity index (χ0) is 15.1. The lowest BCUT2D eigenvalue weighted by Crippen LogP contribution is -2.19. The highest BCUT2D eigenvalue weighted by Gasteiger charge is 2.16. The largest absolute Gasteiger partial charge is 0.487 e. The number of nitrogens with two attached hydrogens (primary N) is 2. The average Bonchev–Trinajstić information content (AvgIpc) is 2.49. The number of ether oxygens (including phenoxy) is 1. The van der Waals surface area contributed by atoms with Gasteiger partial charge in [-0.1, -0.05) is 12.1 Å². The molecule has 2 rings (SSSR count). The molecule has 0 bridgehead atoms. The first-order valence-corrected chi connectivity index (χ1v) is 8.22. The lowest BCUT2D eigenvalue weighted by Gasteiger charge is -2.24. The second-order valence-corrected chi connectivity index (χ2v) is 5.98. The minimum Gasteiger partial charge on any atom is -0.487 e. The van der Waals surface area contributed by atoms with Crippen LogP contribution in [0.3, 0.4) is 0 Å². The molecule has 1 aliphatic heterocycles. The lowest BCUT2D eigenvalue weighted by atomic mass is 10.0. The Morgan fingerprint density at radius 2 is 2.24 bits per heavy atom. The third-order valence-corrected chi connectivity index (χ3v) is 4.07. The maximum atomic E-state index is 5.97. The fourth-order valence-corrected chi connectivity index (χ4v) is 2.81. The van der Waals surface area contributed by atoms with Gasteiger partial charge in [-0.2, -0.15) is 0 Å². The molecule has 5 heteroatoms. The van der Waals surface area contributed by atoms with Crippen molar-refractivity contribution in [3.63, 3.8) is 0 Å². The summed E-state index contributed by atoms with van der Waals surface area (Å²) in [5.74, 6) is 1.88. The van der Waals surface area contributed by atoms with Gasteiger partial charge < -0.3 is 21.5 Å². The SMILES string of the molecule is CC1C=C(OC/C(N)=C/SCCCN)c2ccccc2N1. The number of rotatable bonds is 7. The number of fused-ring (bicyclic) bond motifs is 1. The van der Waals surface area contributed by atoms with Crippen LogP contribution in [0.5, 0.6) is 0 Å². The molecular weight excluding hydrogens is 282 g/mol. The predicted molar refractivity (Wildman–Crippen MR) is 91.9 cm³/mol. The van der Waals surface area contributed by atoms with E-state index in [2.05, 4.69) is 30.4 Å². The quantitative estimate of drug-likeness (QED) is 0.676. The first kappa shape index (κ1) is 15.8. The van der Waals surface area contributed by atoms with Crippen LogP contribution in [0, 0.1) is 0 Å². The van der Waals surface area contributed by atoms with E-state index in [0.717, 1.165) is 34.9 Å². The Labute approximate surface area is 130 Å². The fraction of sp³-hybridized carbons (Fsp3) is 0.375. The van der Waals surface area contributed by atoms with Gasteiger partial charge in [-0.3, -0.25) is 0 Å². The summed E-state index contributed by atoms with van der Waals surface area (Å²) in [5, 5.41) is 5.36. The number of anilines is 1. The van der Waals surface area contributed by atoms with Crippen LogP contribution in [0.2, 0.25) is 0 Å². The molecular formula is C16H23N3OS. The molecule has 1 aromatic carbocycles. The van der Waals surface area contributed by atoms with Crippen molar-refractivity contribution >= 4 is 23.2 Å². The van der Waals surface area contributed by atoms with Gasteiger partial charge in [0, 0.05) is 17.3 Å². The monoisotopic (exact) mass is 305 g/mol. The summed E-state index contributed by atoms with van der Waals surface area (Å²) in [4.78, 5) is 0. The molecule has 1 aromatic rings. The fourth-order valence-electron chi connectivity index (χ4n) is 2.08. The molecule has 1 heterocycles. The van der Waals surface area contributed by atoms with Crippen molar-refractivity contribution in [3.05, 3.63) is 47.0 Å². The van der Waals surface area contributed by atoms with Crippen molar-refractivity contribution in [3.8, 4) is 0 Å². The average molecular weight is 305 g/mol. The van der Waals surface area contributed by atoms with E-state index in [0.29, 0.717) is 13.2 Å². The van der Waals surface area contributed by atoms with Crippen molar-refractivity contribution in [2.75, 3.05) is 24.2 Å². The van der Waals surface area contributed by atoms with Gasteiger partial charge in [-0.15, -0.1) is 11.8 Å². The molecule has 4 nitrogen and oxygen atoms in total. The van der Waals surface area contributed by atoms with Crippen LogP contribution in [0.25, 0.3) is 5.76 Å². The van der Waals surface area contributed by atoms with E-state index in [-0.39, 0.29) is 6.04 Å². The predicted octanol–water partition coefficient (Wildman–Crippen LogP) is 2.74. The van der Waals surface area contributed by atoms with Gasteiger partial charge in [0.1, 0.15) is 12.4 Å². The Bertz CT molecular complexity index is 528. The van der Waals surface area contributed by atoms with Crippen LogP contribution in [-0.2, 0) is 4.74 Å². The van der Waals surface area contributed by atoms with Gasteiger partial charge in [0.2, 0.25) is 0 Å². The number of hydrogen-bond acceptors (Lipinski definition) is 5. The molecule has 1 atom stereocenters. The van der Waals surface area contributed by atoms with Gasteiger partial charge in [0.25, 0.3) is 0 Å². The molecule has 0 aromatic heterocycles. The van der Waals surface area contributed by atoms with E-state index in [4.69, 9.17) is 16.2 Å². The topological polar surface area (TPSA) is 73.3 Å². The Kier molecular flexibility index (Phi) is 6.02. The summed E-state index contributed by atoms with van der Waals surface area (Å²) in [7, 11) is 0. The molecule has 1 unspecified atom stereocenters. The standard InChI is InChI=1S/C16H23N3OS/c1-12-9-16(14-5-2-3-6-15(14)19-12)20-10-13(18)11-21-8-4-7-17/h2-3,5-6,9,11-12,19H,4,7-8,10,17-18H2,1H3/b13-11-. The van der Waals surface area contributed by atoms with Gasteiger partial charge in [0.05, 0.1) is 5.70 Å². The van der Waals surface area contributed by atoms with Crippen molar-refractivity contribution in [2.24, 2.45) is 11.5 Å². The number of benzene rings is 1. The van der Waals surface area contributed by atoms with E-state index < -0.39 is 0 Å². The highest BCUT2D eigenvalue weighted by Crippen LogP contribution is 2.30. The van der Waals surface area contributed by atoms with Crippen molar-refractivity contribution in [1.29, 1.82) is 0 Å². The van der Waals surface area contributed by atoms with Crippen molar-refractivity contribution in [2.45, 2.75) is 19.4 Å². The summed E-state index contributed by atoms with van der Waals surface area (Å²) in [6, 6.07) is 8.39. The molecule has 0 aliphatic carbocycles. The first-order chi connectivity index (χ1) is 10.2. The highest BCUT2D eigenvalue weighted by molar-refractivity contribution is 8.02. The first-order valence-electron chi connectivity index (χ1n) is 7.17. The zero-order valence-corrected chi connectivity index (χ0v) is 13.2. The number of hydrogen-bond donors (Lipinski definition) is 3. The van der Waals surface area contributed by atoms with Crippen LogP contribution in [-0.4, -0.2) is 24.9 Å². The Morgan fingerprint density at radius 3 is 3.05 bits per heavy atom. The molecule has 0 saturated carbocycles. The van der Waals surface area contributed by atoms with Gasteiger partial charge >= 0.3 is 0 Å². The second kappa shape index (κ2) is 8.00. The van der Waals surface area contributed by atoms with E-state index in [1.165, 1.54) is 0 Å². The minimum atomic E-state index is 0.249. The van der Waals surface area contributed by atoms with Crippen LogP contribution in [0.15, 0.2) is 41.4 Å². The lowest BCUT2D eigenvalue weighted by molar-refractivity contribution is 0.306. The third-order valence-electron chi connectivity index (χ3n) is 3.07. The smallest absolute Gasteiger partial charge is 0.128 e. The van der Waals surface area contributed by atoms with Crippen LogP contribution in [0.4, 0.5) is 5.69 Å².